The van der Waals surface area contributed by atoms with E-state index in [4.69, 9.17) is 0 Å². The molecule has 0 aliphatic rings. The molecule has 0 heterocycles. The van der Waals surface area contributed by atoms with Crippen LogP contribution in [0.2, 0.25) is 0 Å². The van der Waals surface area contributed by atoms with E-state index >= 15 is 0 Å². The minimum absolute atomic E-state index is 0.169. The Hall–Kier alpha value is -3.12. The first-order valence-electron chi connectivity index (χ1n) is 9.33. The van der Waals surface area contributed by atoms with Crippen molar-refractivity contribution in [2.75, 3.05) is 4.72 Å². The fourth-order valence-electron chi connectivity index (χ4n) is 3.11. The van der Waals surface area contributed by atoms with Gasteiger partial charge < -0.3 is 5.32 Å². The van der Waals surface area contributed by atoms with Gasteiger partial charge in [-0.1, -0.05) is 48.5 Å². The van der Waals surface area contributed by atoms with Crippen LogP contribution in [-0.2, 0) is 10.0 Å². The van der Waals surface area contributed by atoms with E-state index in [1.165, 1.54) is 12.1 Å². The van der Waals surface area contributed by atoms with Crippen LogP contribution in [0.4, 0.5) is 5.69 Å². The highest BCUT2D eigenvalue weighted by Gasteiger charge is 2.17. The Morgan fingerprint density at radius 2 is 1.52 bits per heavy atom. The van der Waals surface area contributed by atoms with Crippen LogP contribution < -0.4 is 10.0 Å². The summed E-state index contributed by atoms with van der Waals surface area (Å²) in [6.07, 6.45) is 0. The van der Waals surface area contributed by atoms with Crippen molar-refractivity contribution in [3.05, 3.63) is 95.1 Å². The Labute approximate surface area is 171 Å². The van der Waals surface area contributed by atoms with Crippen molar-refractivity contribution >= 4 is 21.6 Å². The predicted octanol–water partition coefficient (Wildman–Crippen LogP) is 4.60. The second kappa shape index (κ2) is 8.49. The summed E-state index contributed by atoms with van der Waals surface area (Å²) in [7, 11) is -3.73. The number of sulfonamides is 1. The average molecular weight is 409 g/mol. The lowest BCUT2D eigenvalue weighted by molar-refractivity contribution is 0.0940. The van der Waals surface area contributed by atoms with E-state index in [0.717, 1.165) is 16.7 Å². The van der Waals surface area contributed by atoms with E-state index < -0.39 is 10.0 Å². The van der Waals surface area contributed by atoms with Gasteiger partial charge >= 0.3 is 0 Å². The highest BCUT2D eigenvalue weighted by molar-refractivity contribution is 7.92. The minimum Gasteiger partial charge on any atom is -0.346 e. The first kappa shape index (κ1) is 20.6. The monoisotopic (exact) mass is 408 g/mol. The molecule has 3 rings (SSSR count). The van der Waals surface area contributed by atoms with Crippen LogP contribution in [0.3, 0.4) is 0 Å². The molecule has 1 unspecified atom stereocenters. The lowest BCUT2D eigenvalue weighted by Gasteiger charge is -2.17. The molecule has 0 radical (unpaired) electrons. The molecule has 0 saturated carbocycles. The number of hydrogen-bond acceptors (Lipinski definition) is 3. The Morgan fingerprint density at radius 3 is 2.21 bits per heavy atom. The number of hydrogen-bond donors (Lipinski definition) is 2. The molecule has 3 aromatic carbocycles. The molecule has 0 aliphatic carbocycles. The van der Waals surface area contributed by atoms with Gasteiger partial charge in [0, 0.05) is 5.56 Å². The second-order valence-electron chi connectivity index (χ2n) is 7.00. The molecule has 0 spiro atoms. The first-order valence-corrected chi connectivity index (χ1v) is 10.8. The van der Waals surface area contributed by atoms with Gasteiger partial charge in [-0.2, -0.15) is 0 Å². The van der Waals surface area contributed by atoms with Gasteiger partial charge in [0.2, 0.25) is 0 Å². The Morgan fingerprint density at radius 1 is 0.862 bits per heavy atom. The first-order chi connectivity index (χ1) is 13.8. The Bertz CT molecular complexity index is 1130. The number of aryl methyl sites for hydroxylation is 2. The Balaban J connectivity index is 1.81. The van der Waals surface area contributed by atoms with Crippen LogP contribution in [0.15, 0.2) is 77.7 Å². The SMILES string of the molecule is Cc1ccc(C(=O)NC(C)c2ccccc2C)cc1NS(=O)(=O)c1ccccc1. The zero-order valence-corrected chi connectivity index (χ0v) is 17.5. The number of amides is 1. The predicted molar refractivity (Wildman–Crippen MR) is 115 cm³/mol. The van der Waals surface area contributed by atoms with Crippen molar-refractivity contribution in [2.45, 2.75) is 31.7 Å². The number of benzene rings is 3. The van der Waals surface area contributed by atoms with Gasteiger partial charge in [0.1, 0.15) is 0 Å². The molecule has 1 atom stereocenters. The van der Waals surface area contributed by atoms with Crippen LogP contribution in [0.1, 0.15) is 40.0 Å². The molecular weight excluding hydrogens is 384 g/mol. The zero-order valence-electron chi connectivity index (χ0n) is 16.6. The number of rotatable bonds is 6. The van der Waals surface area contributed by atoms with Gasteiger partial charge in [-0.15, -0.1) is 0 Å². The third-order valence-corrected chi connectivity index (χ3v) is 6.18. The quantitative estimate of drug-likeness (QED) is 0.626. The maximum absolute atomic E-state index is 12.8. The molecule has 3 aromatic rings. The molecule has 6 heteroatoms. The van der Waals surface area contributed by atoms with Gasteiger partial charge in [0.25, 0.3) is 15.9 Å². The largest absolute Gasteiger partial charge is 0.346 e. The van der Waals surface area contributed by atoms with Crippen LogP contribution in [0.25, 0.3) is 0 Å². The van der Waals surface area contributed by atoms with Gasteiger partial charge in [0.05, 0.1) is 16.6 Å². The summed E-state index contributed by atoms with van der Waals surface area (Å²) < 4.78 is 27.8. The molecule has 150 valence electrons. The summed E-state index contributed by atoms with van der Waals surface area (Å²) in [6, 6.07) is 20.8. The Kier molecular flexibility index (Phi) is 6.03. The average Bonchev–Trinajstić information content (AvgIpc) is 2.70. The third-order valence-electron chi connectivity index (χ3n) is 4.80. The molecular formula is C23H24N2O3S. The fraction of sp³-hybridized carbons (Fsp3) is 0.174. The van der Waals surface area contributed by atoms with Crippen LogP contribution in [0, 0.1) is 13.8 Å². The second-order valence-corrected chi connectivity index (χ2v) is 8.68. The van der Waals surface area contributed by atoms with E-state index in [1.807, 2.05) is 38.1 Å². The van der Waals surface area contributed by atoms with Crippen molar-refractivity contribution in [1.82, 2.24) is 5.32 Å². The maximum atomic E-state index is 12.8. The lowest BCUT2D eigenvalue weighted by Crippen LogP contribution is -2.27. The summed E-state index contributed by atoms with van der Waals surface area (Å²) in [6.45, 7) is 5.72. The zero-order chi connectivity index (χ0) is 21.0. The van der Waals surface area contributed by atoms with Crippen LogP contribution in [-0.4, -0.2) is 14.3 Å². The number of anilines is 1. The molecule has 0 aromatic heterocycles. The standard InChI is InChI=1S/C23H24N2O3S/c1-16-9-7-8-12-21(16)18(3)24-23(26)19-14-13-17(2)22(15-19)25-29(27,28)20-10-5-4-6-11-20/h4-15,18,25H,1-3H3,(H,24,26). The number of carbonyl (C=O) groups excluding carboxylic acids is 1. The van der Waals surface area contributed by atoms with Gasteiger partial charge in [-0.25, -0.2) is 8.42 Å². The maximum Gasteiger partial charge on any atom is 0.261 e. The minimum atomic E-state index is -3.73. The molecule has 0 fully saturated rings. The molecule has 1 amide bonds. The summed E-state index contributed by atoms with van der Waals surface area (Å²) in [5, 5.41) is 2.98. The topological polar surface area (TPSA) is 75.3 Å². The highest BCUT2D eigenvalue weighted by Crippen LogP contribution is 2.22. The van der Waals surface area contributed by atoms with E-state index in [2.05, 4.69) is 10.0 Å². The van der Waals surface area contributed by atoms with Crippen LogP contribution >= 0.6 is 0 Å². The molecule has 2 N–H and O–H groups in total. The van der Waals surface area contributed by atoms with Crippen molar-refractivity contribution in [3.63, 3.8) is 0 Å². The van der Waals surface area contributed by atoms with Gasteiger partial charge in [-0.05, 0) is 61.7 Å². The normalized spacial score (nSPS) is 12.2. The van der Waals surface area contributed by atoms with E-state index in [-0.39, 0.29) is 16.8 Å². The number of nitrogens with one attached hydrogen (secondary N) is 2. The smallest absolute Gasteiger partial charge is 0.261 e. The molecule has 0 saturated heterocycles. The van der Waals surface area contributed by atoms with E-state index in [9.17, 15) is 13.2 Å². The van der Waals surface area contributed by atoms with Crippen molar-refractivity contribution in [1.29, 1.82) is 0 Å². The summed E-state index contributed by atoms with van der Waals surface area (Å²) in [4.78, 5) is 12.9. The van der Waals surface area contributed by atoms with E-state index in [1.54, 1.807) is 43.3 Å². The summed E-state index contributed by atoms with van der Waals surface area (Å²) >= 11 is 0. The van der Waals surface area contributed by atoms with Crippen LogP contribution in [0.5, 0.6) is 0 Å². The van der Waals surface area contributed by atoms with Crippen molar-refractivity contribution in [2.24, 2.45) is 0 Å². The molecule has 5 nitrogen and oxygen atoms in total. The van der Waals surface area contributed by atoms with Crippen molar-refractivity contribution < 1.29 is 13.2 Å². The third kappa shape index (κ3) is 4.84. The van der Waals surface area contributed by atoms with Gasteiger partial charge in [-0.3, -0.25) is 9.52 Å². The molecule has 0 bridgehead atoms. The molecule has 0 aliphatic heterocycles. The lowest BCUT2D eigenvalue weighted by atomic mass is 10.0. The van der Waals surface area contributed by atoms with E-state index in [0.29, 0.717) is 11.3 Å². The number of carbonyl (C=O) groups is 1. The molecule has 29 heavy (non-hydrogen) atoms. The fourth-order valence-corrected chi connectivity index (χ4v) is 4.25. The summed E-state index contributed by atoms with van der Waals surface area (Å²) in [5.74, 6) is -0.263. The summed E-state index contributed by atoms with van der Waals surface area (Å²) in [5.41, 5.74) is 3.64. The van der Waals surface area contributed by atoms with Crippen molar-refractivity contribution in [3.8, 4) is 0 Å². The van der Waals surface area contributed by atoms with Gasteiger partial charge in [0.15, 0.2) is 0 Å². The highest BCUT2D eigenvalue weighted by atomic mass is 32.2.